The van der Waals surface area contributed by atoms with Crippen molar-refractivity contribution in [1.29, 1.82) is 0 Å². The van der Waals surface area contributed by atoms with Gasteiger partial charge < -0.3 is 4.57 Å². The van der Waals surface area contributed by atoms with Gasteiger partial charge in [-0.15, -0.1) is 0 Å². The lowest BCUT2D eigenvalue weighted by molar-refractivity contribution is 0.964. The van der Waals surface area contributed by atoms with Gasteiger partial charge in [-0.3, -0.25) is 0 Å². The van der Waals surface area contributed by atoms with Gasteiger partial charge in [-0.05, 0) is 40.5 Å². The lowest BCUT2D eigenvalue weighted by Crippen LogP contribution is -2.00. The van der Waals surface area contributed by atoms with E-state index >= 15 is 0 Å². The minimum atomic E-state index is 0.936. The van der Waals surface area contributed by atoms with Crippen LogP contribution in [-0.4, -0.2) is 4.57 Å². The van der Waals surface area contributed by atoms with Crippen molar-refractivity contribution in [1.82, 2.24) is 4.57 Å². The molecule has 0 fully saturated rings. The molecule has 0 saturated carbocycles. The van der Waals surface area contributed by atoms with Crippen LogP contribution in [0.15, 0.2) is 91.1 Å². The lowest BCUT2D eigenvalue weighted by Gasteiger charge is -2.15. The summed E-state index contributed by atoms with van der Waals surface area (Å²) in [4.78, 5) is 0. The van der Waals surface area contributed by atoms with Crippen molar-refractivity contribution >= 4 is 0 Å². The smallest absolute Gasteiger partial charge is 0.0531 e. The maximum atomic E-state index is 2.33. The Morgan fingerprint density at radius 1 is 0.542 bits per heavy atom. The second-order valence-electron chi connectivity index (χ2n) is 6.27. The molecule has 0 N–H and O–H groups in total. The fraction of sp³-hybridized carbons (Fsp3) is 0.0435. The predicted molar refractivity (Wildman–Crippen MR) is 99.4 cm³/mol. The normalized spacial score (nSPS) is 12.0. The third kappa shape index (κ3) is 1.95. The minimum absolute atomic E-state index is 0.936. The second-order valence-corrected chi connectivity index (χ2v) is 6.27. The molecule has 0 saturated heterocycles. The number of fused-ring (bicyclic) bond motifs is 7. The van der Waals surface area contributed by atoms with Crippen molar-refractivity contribution in [3.05, 3.63) is 102 Å². The van der Waals surface area contributed by atoms with Crippen LogP contribution >= 0.6 is 0 Å². The van der Waals surface area contributed by atoms with Crippen LogP contribution in [0.2, 0.25) is 0 Å². The summed E-state index contributed by atoms with van der Waals surface area (Å²) in [5.41, 5.74) is 9.16. The molecule has 5 rings (SSSR count). The lowest BCUT2D eigenvalue weighted by atomic mass is 9.91. The Balaban J connectivity index is 1.94. The number of aromatic nitrogens is 1. The highest BCUT2D eigenvalue weighted by Gasteiger charge is 2.18. The highest BCUT2D eigenvalue weighted by molar-refractivity contribution is 5.88. The Hall–Kier alpha value is -3.06. The van der Waals surface area contributed by atoms with Crippen LogP contribution in [0.25, 0.3) is 27.9 Å². The molecule has 3 aromatic carbocycles. The van der Waals surface area contributed by atoms with Crippen LogP contribution in [0.4, 0.5) is 0 Å². The van der Waals surface area contributed by atoms with Gasteiger partial charge in [0, 0.05) is 23.9 Å². The standard InChI is InChI=1S/C23H17N/c1-2-10-19-17(8-1)16-18-9-7-15-24(18)23-14-6-5-13-22(23)21-12-4-3-11-20(19)21/h1-15H,16H2. The minimum Gasteiger partial charge on any atom is -0.320 e. The van der Waals surface area contributed by atoms with Gasteiger partial charge in [-0.2, -0.15) is 0 Å². The first-order valence-corrected chi connectivity index (χ1v) is 8.35. The summed E-state index contributed by atoms with van der Waals surface area (Å²) in [5, 5.41) is 0. The fourth-order valence-electron chi connectivity index (χ4n) is 3.79. The molecule has 1 nitrogen and oxygen atoms in total. The van der Waals surface area contributed by atoms with E-state index in [9.17, 15) is 0 Å². The van der Waals surface area contributed by atoms with Crippen LogP contribution in [-0.2, 0) is 6.42 Å². The van der Waals surface area contributed by atoms with Crippen molar-refractivity contribution in [2.75, 3.05) is 0 Å². The zero-order valence-corrected chi connectivity index (χ0v) is 13.3. The Kier molecular flexibility index (Phi) is 2.92. The van der Waals surface area contributed by atoms with E-state index in [4.69, 9.17) is 0 Å². The molecule has 1 aliphatic heterocycles. The highest BCUT2D eigenvalue weighted by Crippen LogP contribution is 2.39. The van der Waals surface area contributed by atoms with Crippen LogP contribution in [0.3, 0.4) is 0 Å². The molecule has 0 spiro atoms. The maximum absolute atomic E-state index is 2.33. The van der Waals surface area contributed by atoms with E-state index < -0.39 is 0 Å². The molecule has 1 heteroatoms. The van der Waals surface area contributed by atoms with Crippen LogP contribution in [0, 0.1) is 0 Å². The first-order valence-electron chi connectivity index (χ1n) is 8.35. The van der Waals surface area contributed by atoms with Gasteiger partial charge in [-0.25, -0.2) is 0 Å². The molecule has 0 bridgehead atoms. The first kappa shape index (κ1) is 13.4. The molecule has 0 aliphatic carbocycles. The molecule has 0 radical (unpaired) electrons. The molecule has 2 heterocycles. The van der Waals surface area contributed by atoms with Gasteiger partial charge in [0.05, 0.1) is 5.69 Å². The van der Waals surface area contributed by atoms with Crippen molar-refractivity contribution in [3.63, 3.8) is 0 Å². The average Bonchev–Trinajstić information content (AvgIpc) is 3.10. The number of hydrogen-bond acceptors (Lipinski definition) is 0. The van der Waals surface area contributed by atoms with E-state index in [0.717, 1.165) is 6.42 Å². The molecule has 0 unspecified atom stereocenters. The molecule has 114 valence electrons. The summed E-state index contributed by atoms with van der Waals surface area (Å²) < 4.78 is 2.33. The van der Waals surface area contributed by atoms with Gasteiger partial charge in [0.2, 0.25) is 0 Å². The Bertz CT molecular complexity index is 1040. The van der Waals surface area contributed by atoms with Crippen molar-refractivity contribution in [3.8, 4) is 27.9 Å². The third-order valence-electron chi connectivity index (χ3n) is 4.89. The zero-order valence-electron chi connectivity index (χ0n) is 13.3. The van der Waals surface area contributed by atoms with Gasteiger partial charge in [0.25, 0.3) is 0 Å². The van der Waals surface area contributed by atoms with E-state index in [0.29, 0.717) is 0 Å². The molecule has 1 aromatic heterocycles. The number of para-hydroxylation sites is 1. The summed E-state index contributed by atoms with van der Waals surface area (Å²) in [6, 6.07) is 30.6. The Morgan fingerprint density at radius 3 is 2.00 bits per heavy atom. The maximum Gasteiger partial charge on any atom is 0.0531 e. The van der Waals surface area contributed by atoms with Crippen LogP contribution in [0.5, 0.6) is 0 Å². The summed E-state index contributed by atoms with van der Waals surface area (Å²) in [6.45, 7) is 0. The zero-order chi connectivity index (χ0) is 15.9. The summed E-state index contributed by atoms with van der Waals surface area (Å²) in [7, 11) is 0. The molecule has 24 heavy (non-hydrogen) atoms. The fourth-order valence-corrected chi connectivity index (χ4v) is 3.79. The molecular weight excluding hydrogens is 290 g/mol. The topological polar surface area (TPSA) is 4.93 Å². The van der Waals surface area contributed by atoms with Gasteiger partial charge >= 0.3 is 0 Å². The summed E-state index contributed by atoms with van der Waals surface area (Å²) in [6.07, 6.45) is 3.11. The van der Waals surface area contributed by atoms with Gasteiger partial charge in [-0.1, -0.05) is 66.7 Å². The van der Waals surface area contributed by atoms with E-state index in [1.807, 2.05) is 0 Å². The predicted octanol–water partition coefficient (Wildman–Crippen LogP) is 5.72. The van der Waals surface area contributed by atoms with Gasteiger partial charge in [0.1, 0.15) is 0 Å². The quantitative estimate of drug-likeness (QED) is 0.345. The third-order valence-corrected chi connectivity index (χ3v) is 4.89. The SMILES string of the molecule is c1ccc2c(c1)Cc1cccn1-c1ccccc1-c1ccccc1-2. The number of rotatable bonds is 0. The largest absolute Gasteiger partial charge is 0.320 e. The number of hydrogen-bond donors (Lipinski definition) is 0. The van der Waals surface area contributed by atoms with Crippen LogP contribution < -0.4 is 0 Å². The summed E-state index contributed by atoms with van der Waals surface area (Å²) >= 11 is 0. The Morgan fingerprint density at radius 2 is 1.17 bits per heavy atom. The van der Waals surface area contributed by atoms with Crippen molar-refractivity contribution in [2.45, 2.75) is 6.42 Å². The van der Waals surface area contributed by atoms with E-state index in [1.165, 1.54) is 39.2 Å². The van der Waals surface area contributed by atoms with Crippen LogP contribution in [0.1, 0.15) is 11.3 Å². The molecule has 1 aliphatic rings. The highest BCUT2D eigenvalue weighted by atomic mass is 15.0. The molecular formula is C23H17N. The first-order chi connectivity index (χ1) is 11.9. The second kappa shape index (κ2) is 5.24. The summed E-state index contributed by atoms with van der Waals surface area (Å²) in [5.74, 6) is 0. The van der Waals surface area contributed by atoms with Crippen molar-refractivity contribution in [2.24, 2.45) is 0 Å². The van der Waals surface area contributed by atoms with Gasteiger partial charge in [0.15, 0.2) is 0 Å². The number of benzene rings is 3. The molecule has 4 aromatic rings. The van der Waals surface area contributed by atoms with E-state index in [-0.39, 0.29) is 0 Å². The molecule has 0 amide bonds. The average molecular weight is 307 g/mol. The van der Waals surface area contributed by atoms with E-state index in [2.05, 4.69) is 95.7 Å². The monoisotopic (exact) mass is 307 g/mol. The number of nitrogens with zero attached hydrogens (tertiary/aromatic N) is 1. The molecule has 0 atom stereocenters. The van der Waals surface area contributed by atoms with E-state index in [1.54, 1.807) is 0 Å². The van der Waals surface area contributed by atoms with Crippen molar-refractivity contribution < 1.29 is 0 Å². The Labute approximate surface area is 141 Å².